The van der Waals surface area contributed by atoms with Gasteiger partial charge in [-0.2, -0.15) is 5.10 Å². The smallest absolute Gasteiger partial charge is 0.243 e. The van der Waals surface area contributed by atoms with E-state index in [9.17, 15) is 4.79 Å². The van der Waals surface area contributed by atoms with E-state index in [0.29, 0.717) is 6.54 Å². The van der Waals surface area contributed by atoms with Crippen molar-refractivity contribution >= 4 is 5.91 Å². The Morgan fingerprint density at radius 2 is 2.36 bits per heavy atom. The van der Waals surface area contributed by atoms with Crippen LogP contribution in [0.1, 0.15) is 0 Å². The topological polar surface area (TPSA) is 38.1 Å². The normalized spacial score (nSPS) is 9.64. The van der Waals surface area contributed by atoms with Gasteiger partial charge in [0.05, 0.1) is 0 Å². The largest absolute Gasteiger partial charge is 0.347 e. The fraction of sp³-hybridized carbons (Fsp3) is 0.429. The Balaban J connectivity index is 2.50. The van der Waals surface area contributed by atoms with Crippen molar-refractivity contribution in [2.45, 2.75) is 6.54 Å². The van der Waals surface area contributed by atoms with Gasteiger partial charge in [0.15, 0.2) is 0 Å². The SMILES string of the molecule is CN(C)C(=O)Cn1cccn1. The summed E-state index contributed by atoms with van der Waals surface area (Å²) in [6, 6.07) is 1.79. The van der Waals surface area contributed by atoms with Crippen LogP contribution in [0, 0.1) is 0 Å². The zero-order valence-electron chi connectivity index (χ0n) is 6.69. The molecular formula is C7H11N3O. The van der Waals surface area contributed by atoms with Crippen LogP contribution in [0.4, 0.5) is 0 Å². The van der Waals surface area contributed by atoms with Crippen molar-refractivity contribution in [2.75, 3.05) is 14.1 Å². The van der Waals surface area contributed by atoms with E-state index in [-0.39, 0.29) is 5.91 Å². The first-order chi connectivity index (χ1) is 5.20. The number of hydrogen-bond donors (Lipinski definition) is 0. The molecule has 1 heterocycles. The molecule has 60 valence electrons. The summed E-state index contributed by atoms with van der Waals surface area (Å²) in [7, 11) is 3.46. The predicted molar refractivity (Wildman–Crippen MR) is 40.9 cm³/mol. The second-order valence-corrected chi connectivity index (χ2v) is 2.49. The Bertz CT molecular complexity index is 228. The zero-order chi connectivity index (χ0) is 8.27. The number of nitrogens with zero attached hydrogens (tertiary/aromatic N) is 3. The minimum atomic E-state index is 0.0497. The number of amides is 1. The summed E-state index contributed by atoms with van der Waals surface area (Å²) in [4.78, 5) is 12.6. The Morgan fingerprint density at radius 3 is 2.82 bits per heavy atom. The monoisotopic (exact) mass is 153 g/mol. The number of hydrogen-bond acceptors (Lipinski definition) is 2. The van der Waals surface area contributed by atoms with Crippen LogP contribution < -0.4 is 0 Å². The Hall–Kier alpha value is -1.32. The van der Waals surface area contributed by atoms with Crippen LogP contribution in [0.3, 0.4) is 0 Å². The summed E-state index contributed by atoms with van der Waals surface area (Å²) in [5, 5.41) is 3.91. The van der Waals surface area contributed by atoms with Crippen molar-refractivity contribution in [3.05, 3.63) is 18.5 Å². The maximum absolute atomic E-state index is 11.1. The van der Waals surface area contributed by atoms with E-state index in [1.54, 1.807) is 42.1 Å². The summed E-state index contributed by atoms with van der Waals surface area (Å²) in [6.45, 7) is 0.319. The van der Waals surface area contributed by atoms with E-state index in [1.807, 2.05) is 0 Å². The number of rotatable bonds is 2. The van der Waals surface area contributed by atoms with Gasteiger partial charge in [0.1, 0.15) is 6.54 Å². The Morgan fingerprint density at radius 1 is 1.64 bits per heavy atom. The molecule has 1 amide bonds. The van der Waals surface area contributed by atoms with E-state index in [1.165, 1.54) is 0 Å². The van der Waals surface area contributed by atoms with Crippen LogP contribution in [0.25, 0.3) is 0 Å². The fourth-order valence-electron chi connectivity index (χ4n) is 0.674. The average Bonchev–Trinajstić information content (AvgIpc) is 2.39. The number of carbonyl (C=O) groups excluding carboxylic acids is 1. The van der Waals surface area contributed by atoms with E-state index >= 15 is 0 Å². The molecule has 11 heavy (non-hydrogen) atoms. The standard InChI is InChI=1S/C7H11N3O/c1-9(2)7(11)6-10-5-3-4-8-10/h3-5H,6H2,1-2H3. The number of aromatic nitrogens is 2. The van der Waals surface area contributed by atoms with E-state index in [2.05, 4.69) is 5.10 Å². The fourth-order valence-corrected chi connectivity index (χ4v) is 0.674. The molecule has 0 N–H and O–H groups in total. The van der Waals surface area contributed by atoms with Crippen LogP contribution in [0.2, 0.25) is 0 Å². The van der Waals surface area contributed by atoms with Crippen molar-refractivity contribution in [1.29, 1.82) is 0 Å². The van der Waals surface area contributed by atoms with Crippen molar-refractivity contribution in [2.24, 2.45) is 0 Å². The van der Waals surface area contributed by atoms with Crippen molar-refractivity contribution in [3.63, 3.8) is 0 Å². The van der Waals surface area contributed by atoms with Gasteiger partial charge in [-0.15, -0.1) is 0 Å². The van der Waals surface area contributed by atoms with Crippen LogP contribution in [-0.4, -0.2) is 34.7 Å². The molecule has 0 radical (unpaired) electrons. The molecule has 0 saturated heterocycles. The summed E-state index contributed by atoms with van der Waals surface area (Å²) in [5.74, 6) is 0.0497. The van der Waals surface area contributed by atoms with Crippen molar-refractivity contribution < 1.29 is 4.79 Å². The highest BCUT2D eigenvalue weighted by molar-refractivity contribution is 5.75. The van der Waals surface area contributed by atoms with Crippen LogP contribution in [0.15, 0.2) is 18.5 Å². The van der Waals surface area contributed by atoms with E-state index in [0.717, 1.165) is 0 Å². The third-order valence-electron chi connectivity index (χ3n) is 1.36. The molecule has 0 fully saturated rings. The lowest BCUT2D eigenvalue weighted by molar-refractivity contribution is -0.129. The maximum Gasteiger partial charge on any atom is 0.243 e. The summed E-state index contributed by atoms with van der Waals surface area (Å²) < 4.78 is 1.60. The van der Waals surface area contributed by atoms with Gasteiger partial charge < -0.3 is 4.90 Å². The van der Waals surface area contributed by atoms with Crippen LogP contribution >= 0.6 is 0 Å². The third kappa shape index (κ3) is 2.07. The van der Waals surface area contributed by atoms with E-state index < -0.39 is 0 Å². The highest BCUT2D eigenvalue weighted by Gasteiger charge is 2.03. The van der Waals surface area contributed by atoms with Crippen molar-refractivity contribution in [1.82, 2.24) is 14.7 Å². The van der Waals surface area contributed by atoms with Gasteiger partial charge in [0.25, 0.3) is 0 Å². The summed E-state index contributed by atoms with van der Waals surface area (Å²) in [5.41, 5.74) is 0. The molecule has 0 saturated carbocycles. The predicted octanol–water partition coefficient (Wildman–Crippen LogP) is -0.0287. The van der Waals surface area contributed by atoms with Gasteiger partial charge in [-0.05, 0) is 6.07 Å². The maximum atomic E-state index is 11.1. The second-order valence-electron chi connectivity index (χ2n) is 2.49. The van der Waals surface area contributed by atoms with Crippen molar-refractivity contribution in [3.8, 4) is 0 Å². The highest BCUT2D eigenvalue weighted by atomic mass is 16.2. The van der Waals surface area contributed by atoms with Crippen LogP contribution in [-0.2, 0) is 11.3 Å². The first kappa shape index (κ1) is 7.78. The summed E-state index contributed by atoms with van der Waals surface area (Å²) >= 11 is 0. The van der Waals surface area contributed by atoms with Gasteiger partial charge in [-0.3, -0.25) is 9.48 Å². The number of likely N-dealkylation sites (N-methyl/N-ethyl adjacent to an activating group) is 1. The molecule has 0 aliphatic carbocycles. The third-order valence-corrected chi connectivity index (χ3v) is 1.36. The Kier molecular flexibility index (Phi) is 2.25. The lowest BCUT2D eigenvalue weighted by atomic mass is 10.5. The number of carbonyl (C=O) groups is 1. The molecule has 1 aromatic heterocycles. The quantitative estimate of drug-likeness (QED) is 0.598. The lowest BCUT2D eigenvalue weighted by Gasteiger charge is -2.09. The average molecular weight is 153 g/mol. The van der Waals surface area contributed by atoms with Gasteiger partial charge in [0.2, 0.25) is 5.91 Å². The molecule has 0 aromatic carbocycles. The highest BCUT2D eigenvalue weighted by Crippen LogP contribution is 1.87. The molecule has 0 unspecified atom stereocenters. The van der Waals surface area contributed by atoms with Gasteiger partial charge >= 0.3 is 0 Å². The lowest BCUT2D eigenvalue weighted by Crippen LogP contribution is -2.26. The van der Waals surface area contributed by atoms with Gasteiger partial charge in [0, 0.05) is 26.5 Å². The first-order valence-electron chi connectivity index (χ1n) is 3.38. The molecule has 0 bridgehead atoms. The molecule has 1 rings (SSSR count). The minimum Gasteiger partial charge on any atom is -0.347 e. The van der Waals surface area contributed by atoms with Crippen LogP contribution in [0.5, 0.6) is 0 Å². The van der Waals surface area contributed by atoms with Gasteiger partial charge in [-0.1, -0.05) is 0 Å². The minimum absolute atomic E-state index is 0.0497. The molecule has 0 aliphatic heterocycles. The molecule has 4 heteroatoms. The molecule has 1 aromatic rings. The second kappa shape index (κ2) is 3.18. The Labute approximate surface area is 65.4 Å². The van der Waals surface area contributed by atoms with E-state index in [4.69, 9.17) is 0 Å². The first-order valence-corrected chi connectivity index (χ1v) is 3.38. The molecule has 0 atom stereocenters. The molecular weight excluding hydrogens is 142 g/mol. The van der Waals surface area contributed by atoms with Gasteiger partial charge in [-0.25, -0.2) is 0 Å². The zero-order valence-corrected chi connectivity index (χ0v) is 6.69. The molecule has 0 spiro atoms. The molecule has 0 aliphatic rings. The summed E-state index contributed by atoms with van der Waals surface area (Å²) in [6.07, 6.45) is 3.42. The molecule has 4 nitrogen and oxygen atoms in total.